The van der Waals surface area contributed by atoms with Crippen molar-refractivity contribution in [3.8, 4) is 23.0 Å². The second-order valence-corrected chi connectivity index (χ2v) is 14.6. The molecular weight excluding hydrogens is 692 g/mol. The van der Waals surface area contributed by atoms with E-state index in [1.54, 1.807) is 50.6 Å². The summed E-state index contributed by atoms with van der Waals surface area (Å²) in [4.78, 5) is 39.9. The summed E-state index contributed by atoms with van der Waals surface area (Å²) in [7, 11) is 7.00. The number of methoxy groups -OCH3 is 2. The molecule has 0 aromatic heterocycles. The van der Waals surface area contributed by atoms with E-state index in [4.69, 9.17) is 27.0 Å². The quantitative estimate of drug-likeness (QED) is 0.142. The number of benzene rings is 3. The Balaban J connectivity index is 1.17. The van der Waals surface area contributed by atoms with Crippen LogP contribution in [-0.2, 0) is 38.3 Å². The van der Waals surface area contributed by atoms with Crippen molar-refractivity contribution >= 4 is 36.6 Å². The second-order valence-electron chi connectivity index (χ2n) is 13.0. The number of carbonyl (C=O) groups is 3. The highest BCUT2D eigenvalue weighted by Gasteiger charge is 2.50. The summed E-state index contributed by atoms with van der Waals surface area (Å²) >= 11 is 0. The van der Waals surface area contributed by atoms with Crippen molar-refractivity contribution < 1.29 is 51.1 Å². The summed E-state index contributed by atoms with van der Waals surface area (Å²) in [5, 5.41) is 2.29. The van der Waals surface area contributed by atoms with Crippen LogP contribution >= 0.6 is 0 Å². The average Bonchev–Trinajstić information content (AvgIpc) is 3.62. The van der Waals surface area contributed by atoms with Gasteiger partial charge in [0, 0.05) is 29.2 Å². The fourth-order valence-electron chi connectivity index (χ4n) is 6.89. The number of amides is 2. The van der Waals surface area contributed by atoms with Gasteiger partial charge >= 0.3 is 14.0 Å². The first-order chi connectivity index (χ1) is 25.1. The van der Waals surface area contributed by atoms with Gasteiger partial charge in [0.2, 0.25) is 5.91 Å². The number of ether oxygens (including phenoxy) is 4. The molecule has 1 unspecified atom stereocenters. The lowest BCUT2D eigenvalue weighted by atomic mass is 10.1. The van der Waals surface area contributed by atoms with Gasteiger partial charge in [-0.2, -0.15) is 0 Å². The molecule has 3 aliphatic heterocycles. The lowest BCUT2D eigenvalue weighted by molar-refractivity contribution is -0.911. The monoisotopic (exact) mass is 732 g/mol. The summed E-state index contributed by atoms with van der Waals surface area (Å²) in [6.45, 7) is 2.59. The van der Waals surface area contributed by atoms with Gasteiger partial charge in [-0.3, -0.25) is 18.7 Å². The number of halogens is 1. The number of hydrogen-bond acceptors (Lipinski definition) is 9. The van der Waals surface area contributed by atoms with Gasteiger partial charge in [-0.25, -0.2) is 9.18 Å². The Morgan fingerprint density at radius 1 is 0.942 bits per heavy atom. The molecule has 272 valence electrons. The molecule has 15 heteroatoms. The molecule has 3 aromatic carbocycles. The lowest BCUT2D eigenvalue weighted by Gasteiger charge is -2.45. The number of quaternary nitrogens is 1. The Bertz CT molecular complexity index is 1870. The van der Waals surface area contributed by atoms with Gasteiger partial charge < -0.3 is 33.4 Å². The topological polar surface area (TPSA) is 130 Å². The molecule has 3 aromatic rings. The van der Waals surface area contributed by atoms with Crippen LogP contribution in [0.3, 0.4) is 0 Å². The first kappa shape index (κ1) is 36.9. The van der Waals surface area contributed by atoms with Crippen LogP contribution in [0.25, 0.3) is 0 Å². The van der Waals surface area contributed by atoms with Gasteiger partial charge in [0.15, 0.2) is 17.3 Å². The molecule has 2 atom stereocenters. The molecule has 12 nitrogen and oxygen atoms in total. The van der Waals surface area contributed by atoms with E-state index in [2.05, 4.69) is 9.97 Å². The average molecular weight is 733 g/mol. The lowest BCUT2D eigenvalue weighted by Crippen LogP contribution is -2.60. The summed E-state index contributed by atoms with van der Waals surface area (Å²) in [5.41, 5.74) is 1.97. The number of carbonyl (C=O) groups excluding carboxylic acids is 3. The maximum Gasteiger partial charge on any atom is 0.378 e. The number of β-lactam (4-membered cyclic amide) rings is 1. The van der Waals surface area contributed by atoms with Crippen molar-refractivity contribution in [2.75, 3.05) is 52.7 Å². The van der Waals surface area contributed by atoms with Gasteiger partial charge in [0.25, 0.3) is 5.91 Å². The largest absolute Gasteiger partial charge is 0.539 e. The van der Waals surface area contributed by atoms with Crippen LogP contribution < -0.4 is 24.3 Å². The molecule has 2 amide bonds. The minimum absolute atomic E-state index is 0.00891. The van der Waals surface area contributed by atoms with E-state index >= 15 is 4.39 Å². The molecule has 0 bridgehead atoms. The minimum atomic E-state index is -1.37. The van der Waals surface area contributed by atoms with Crippen LogP contribution in [0.5, 0.6) is 23.0 Å². The van der Waals surface area contributed by atoms with E-state index in [0.29, 0.717) is 34.6 Å². The predicted octanol–water partition coefficient (Wildman–Crippen LogP) is 3.54. The minimum Gasteiger partial charge on any atom is -0.539 e. The van der Waals surface area contributed by atoms with Crippen molar-refractivity contribution in [2.45, 2.75) is 37.9 Å². The molecule has 2 radical (unpaired) electrons. The van der Waals surface area contributed by atoms with E-state index in [9.17, 15) is 18.6 Å². The summed E-state index contributed by atoms with van der Waals surface area (Å²) in [6.07, 6.45) is 1.93. The normalized spacial score (nSPS) is 19.0. The molecule has 2 saturated heterocycles. The first-order valence-corrected chi connectivity index (χ1v) is 18.3. The van der Waals surface area contributed by atoms with Crippen molar-refractivity contribution in [3.05, 3.63) is 94.4 Å². The van der Waals surface area contributed by atoms with E-state index in [0.717, 1.165) is 37.1 Å². The SMILES string of the molecule is [B]OC(=O)C1=C(C[N+]2(CCNC(=O)c3ccc(OCc4ccc(OC)cc4)c(OCc4ccc(OC)cc4)c3F)CCCC2)CS(=O)[C@@H]2CC(=O)N12. The third-order valence-electron chi connectivity index (χ3n) is 9.72. The van der Waals surface area contributed by atoms with Crippen LogP contribution in [-0.4, -0.2) is 97.5 Å². The zero-order valence-electron chi connectivity index (χ0n) is 29.1. The maximum atomic E-state index is 16.2. The smallest absolute Gasteiger partial charge is 0.378 e. The molecule has 0 saturated carbocycles. The molecule has 3 heterocycles. The highest BCUT2D eigenvalue weighted by Crippen LogP contribution is 2.37. The summed E-state index contributed by atoms with van der Waals surface area (Å²) in [6, 6.07) is 17.3. The highest BCUT2D eigenvalue weighted by molar-refractivity contribution is 7.86. The predicted molar refractivity (Wildman–Crippen MR) is 189 cm³/mol. The summed E-state index contributed by atoms with van der Waals surface area (Å²) in [5.74, 6) is -1.22. The van der Waals surface area contributed by atoms with Gasteiger partial charge in [-0.15, -0.1) is 0 Å². The third-order valence-corrected chi connectivity index (χ3v) is 11.3. The van der Waals surface area contributed by atoms with Crippen molar-refractivity contribution in [1.29, 1.82) is 0 Å². The molecule has 0 spiro atoms. The van der Waals surface area contributed by atoms with Crippen LogP contribution in [0.1, 0.15) is 40.7 Å². The number of nitrogens with zero attached hydrogens (tertiary/aromatic N) is 2. The van der Waals surface area contributed by atoms with Crippen LogP contribution in [0.4, 0.5) is 4.39 Å². The van der Waals surface area contributed by atoms with Crippen LogP contribution in [0.2, 0.25) is 0 Å². The number of fused-ring (bicyclic) bond motifs is 1. The standard InChI is InChI=1S/C37H39BFN3O9S/c1-47-27-9-5-24(6-10-27)21-49-30-14-13-29(33(39)35(30)50-22-25-7-11-28(48-2)12-8-25)36(44)40-15-18-42(16-3-4-17-42)20-26-23-52(46)32-19-31(43)41(32)34(26)37(45)51-38/h5-14,32H,3-4,15-23H2,1-2H3/p+1/t32-,52?/m1/s1. The Morgan fingerprint density at radius 3 is 2.13 bits per heavy atom. The van der Waals surface area contributed by atoms with E-state index in [1.165, 1.54) is 17.0 Å². The third kappa shape index (κ3) is 7.95. The zero-order valence-corrected chi connectivity index (χ0v) is 29.9. The molecule has 52 heavy (non-hydrogen) atoms. The first-order valence-electron chi connectivity index (χ1n) is 16.9. The van der Waals surface area contributed by atoms with E-state index in [-0.39, 0.29) is 60.6 Å². The number of likely N-dealkylation sites (tertiary alicyclic amines) is 1. The molecule has 2 fully saturated rings. The highest BCUT2D eigenvalue weighted by atomic mass is 32.2. The van der Waals surface area contributed by atoms with Crippen molar-refractivity contribution in [2.24, 2.45) is 0 Å². The molecule has 1 N–H and O–H groups in total. The van der Waals surface area contributed by atoms with Crippen LogP contribution in [0.15, 0.2) is 71.9 Å². The molecule has 3 aliphatic rings. The van der Waals surface area contributed by atoms with Gasteiger partial charge in [0.05, 0.1) is 58.1 Å². The van der Waals surface area contributed by atoms with Crippen molar-refractivity contribution in [1.82, 2.24) is 10.2 Å². The van der Waals surface area contributed by atoms with Gasteiger partial charge in [0.1, 0.15) is 42.3 Å². The van der Waals surface area contributed by atoms with E-state index in [1.807, 2.05) is 12.1 Å². The molecule has 0 aliphatic carbocycles. The number of hydrogen-bond donors (Lipinski definition) is 1. The maximum absolute atomic E-state index is 16.2. The fourth-order valence-corrected chi connectivity index (χ4v) is 8.44. The van der Waals surface area contributed by atoms with Crippen LogP contribution in [0, 0.1) is 5.82 Å². The molecule has 6 rings (SSSR count). The Morgan fingerprint density at radius 2 is 1.56 bits per heavy atom. The second kappa shape index (κ2) is 16.2. The number of rotatable bonds is 15. The van der Waals surface area contributed by atoms with Crippen molar-refractivity contribution in [3.63, 3.8) is 0 Å². The molecular formula is C37H40BFN3O9S+. The Kier molecular flexibility index (Phi) is 11.5. The zero-order chi connectivity index (χ0) is 36.8. The Labute approximate surface area is 305 Å². The van der Waals surface area contributed by atoms with Gasteiger partial charge in [-0.1, -0.05) is 24.3 Å². The number of nitrogens with one attached hydrogen (secondary N) is 1. The van der Waals surface area contributed by atoms with Gasteiger partial charge in [-0.05, 0) is 47.5 Å². The summed E-state index contributed by atoms with van der Waals surface area (Å²) < 4.78 is 56.6. The Hall–Kier alpha value is -4.89. The van der Waals surface area contributed by atoms with E-state index < -0.39 is 33.9 Å². The fraction of sp³-hybridized carbons (Fsp3) is 0.378.